The van der Waals surface area contributed by atoms with Crippen LogP contribution in [0.15, 0.2) is 63.5 Å². The number of halogens is 2. The Labute approximate surface area is 179 Å². The number of rotatable bonds is 2. The third-order valence-corrected chi connectivity index (χ3v) is 9.74. The zero-order chi connectivity index (χ0) is 18.5. The molecule has 0 nitrogen and oxygen atoms in total. The number of hydrogen-bond donors (Lipinski definition) is 0. The van der Waals surface area contributed by atoms with Gasteiger partial charge in [0, 0.05) is 0 Å². The van der Waals surface area contributed by atoms with Crippen LogP contribution in [0.3, 0.4) is 0 Å². The molecule has 4 aromatic rings. The Morgan fingerprint density at radius 3 is 1.58 bits per heavy atom. The lowest BCUT2D eigenvalue weighted by Crippen LogP contribution is -2.10. The molecule has 4 rings (SSSR count). The van der Waals surface area contributed by atoms with Crippen LogP contribution in [-0.2, 0) is 5.41 Å². The van der Waals surface area contributed by atoms with E-state index < -0.39 is 0 Å². The van der Waals surface area contributed by atoms with Crippen molar-refractivity contribution in [2.24, 2.45) is 0 Å². The van der Waals surface area contributed by atoms with Gasteiger partial charge in [0.05, 0.1) is 28.1 Å². The number of thiophene rings is 2. The Balaban J connectivity index is 1.80. The topological polar surface area (TPSA) is 0 Å². The van der Waals surface area contributed by atoms with Crippen molar-refractivity contribution in [3.8, 4) is 20.9 Å². The fourth-order valence-corrected chi connectivity index (χ4v) is 7.50. The zero-order valence-electron chi connectivity index (χ0n) is 14.8. The van der Waals surface area contributed by atoms with Gasteiger partial charge in [-0.05, 0) is 54.0 Å². The molecule has 0 saturated carbocycles. The second kappa shape index (κ2) is 6.90. The molecule has 0 aliphatic rings. The maximum atomic E-state index is 3.87. The second-order valence-electron chi connectivity index (χ2n) is 7.34. The standard InChI is InChI=1S/C22H18Br2S2/c1-22(2,3)15-11-9-14(10-12-15)19-17(24)21-20(26-19)16(23)18(25-21)13-7-5-4-6-8-13/h4-12H,1-3H3. The SMILES string of the molecule is CC(C)(C)c1ccc(-c2sc3c(Br)c(-c4ccccc4)sc3c2Br)cc1. The summed E-state index contributed by atoms with van der Waals surface area (Å²) in [6, 6.07) is 19.6. The molecular weight excluding hydrogens is 488 g/mol. The van der Waals surface area contributed by atoms with Crippen LogP contribution in [-0.4, -0.2) is 0 Å². The summed E-state index contributed by atoms with van der Waals surface area (Å²) in [5.74, 6) is 0. The van der Waals surface area contributed by atoms with Gasteiger partial charge in [-0.25, -0.2) is 0 Å². The van der Waals surface area contributed by atoms with Gasteiger partial charge in [0.15, 0.2) is 0 Å². The molecule has 2 aromatic heterocycles. The van der Waals surface area contributed by atoms with Crippen LogP contribution in [0.2, 0.25) is 0 Å². The van der Waals surface area contributed by atoms with Crippen LogP contribution in [0.5, 0.6) is 0 Å². The Morgan fingerprint density at radius 1 is 0.654 bits per heavy atom. The largest absolute Gasteiger partial charge is 0.132 e. The molecule has 0 N–H and O–H groups in total. The van der Waals surface area contributed by atoms with Gasteiger partial charge in [-0.3, -0.25) is 0 Å². The Bertz CT molecular complexity index is 1070. The highest BCUT2D eigenvalue weighted by Gasteiger charge is 2.20. The molecule has 0 radical (unpaired) electrons. The Hall–Kier alpha value is -0.940. The molecule has 0 saturated heterocycles. The van der Waals surface area contributed by atoms with Crippen molar-refractivity contribution in [1.82, 2.24) is 0 Å². The molecule has 2 heterocycles. The van der Waals surface area contributed by atoms with Gasteiger partial charge in [-0.15, -0.1) is 22.7 Å². The molecule has 4 heteroatoms. The van der Waals surface area contributed by atoms with Gasteiger partial charge in [-0.1, -0.05) is 75.4 Å². The third kappa shape index (κ3) is 3.22. The van der Waals surface area contributed by atoms with E-state index in [2.05, 4.69) is 107 Å². The van der Waals surface area contributed by atoms with E-state index in [0.29, 0.717) is 0 Å². The molecule has 0 spiro atoms. The normalized spacial score (nSPS) is 12.0. The predicted octanol–water partition coefficient (Wildman–Crippen LogP) is 9.12. The minimum Gasteiger partial charge on any atom is -0.132 e. The molecular formula is C22H18Br2S2. The van der Waals surface area contributed by atoms with E-state index in [1.54, 1.807) is 0 Å². The summed E-state index contributed by atoms with van der Waals surface area (Å²) >= 11 is 11.4. The molecule has 0 atom stereocenters. The summed E-state index contributed by atoms with van der Waals surface area (Å²) in [6.07, 6.45) is 0. The van der Waals surface area contributed by atoms with Crippen molar-refractivity contribution in [3.05, 3.63) is 69.1 Å². The maximum Gasteiger partial charge on any atom is 0.0618 e. The van der Waals surface area contributed by atoms with E-state index in [1.807, 2.05) is 22.7 Å². The first-order valence-electron chi connectivity index (χ1n) is 8.43. The van der Waals surface area contributed by atoms with Crippen LogP contribution in [0.4, 0.5) is 0 Å². The predicted molar refractivity (Wildman–Crippen MR) is 125 cm³/mol. The smallest absolute Gasteiger partial charge is 0.0618 e. The van der Waals surface area contributed by atoms with E-state index in [1.165, 1.54) is 44.8 Å². The van der Waals surface area contributed by atoms with Gasteiger partial charge < -0.3 is 0 Å². The number of hydrogen-bond acceptors (Lipinski definition) is 2. The van der Waals surface area contributed by atoms with Gasteiger partial charge in [0.1, 0.15) is 0 Å². The maximum absolute atomic E-state index is 3.87. The molecule has 132 valence electrons. The first kappa shape index (κ1) is 18.4. The van der Waals surface area contributed by atoms with Crippen molar-refractivity contribution in [1.29, 1.82) is 0 Å². The molecule has 0 aliphatic heterocycles. The summed E-state index contributed by atoms with van der Waals surface area (Å²) in [5, 5.41) is 0. The van der Waals surface area contributed by atoms with Crippen LogP contribution in [0.1, 0.15) is 26.3 Å². The van der Waals surface area contributed by atoms with Gasteiger partial charge in [-0.2, -0.15) is 0 Å². The fraction of sp³-hybridized carbons (Fsp3) is 0.182. The van der Waals surface area contributed by atoms with E-state index >= 15 is 0 Å². The lowest BCUT2D eigenvalue weighted by molar-refractivity contribution is 0.590. The summed E-state index contributed by atoms with van der Waals surface area (Å²) in [5.41, 5.74) is 4.07. The zero-order valence-corrected chi connectivity index (χ0v) is 19.6. The fourth-order valence-electron chi connectivity index (χ4n) is 2.96. The second-order valence-corrected chi connectivity index (χ2v) is 11.0. The van der Waals surface area contributed by atoms with Crippen molar-refractivity contribution in [2.45, 2.75) is 26.2 Å². The van der Waals surface area contributed by atoms with E-state index in [9.17, 15) is 0 Å². The van der Waals surface area contributed by atoms with Crippen molar-refractivity contribution in [2.75, 3.05) is 0 Å². The molecule has 0 bridgehead atoms. The number of fused-ring (bicyclic) bond motifs is 1. The van der Waals surface area contributed by atoms with Crippen LogP contribution in [0, 0.1) is 0 Å². The van der Waals surface area contributed by atoms with Gasteiger partial charge in [0.2, 0.25) is 0 Å². The van der Waals surface area contributed by atoms with Crippen molar-refractivity contribution in [3.63, 3.8) is 0 Å². The summed E-state index contributed by atoms with van der Waals surface area (Å²) in [7, 11) is 0. The first-order chi connectivity index (χ1) is 12.4. The van der Waals surface area contributed by atoms with E-state index in [0.717, 1.165) is 0 Å². The summed E-state index contributed by atoms with van der Waals surface area (Å²) in [6.45, 7) is 6.75. The minimum absolute atomic E-state index is 0.180. The highest BCUT2D eigenvalue weighted by Crippen LogP contribution is 2.52. The molecule has 0 amide bonds. The molecule has 0 fully saturated rings. The molecule has 0 aliphatic carbocycles. The monoisotopic (exact) mass is 504 g/mol. The third-order valence-electron chi connectivity index (χ3n) is 4.46. The molecule has 26 heavy (non-hydrogen) atoms. The first-order valence-corrected chi connectivity index (χ1v) is 11.6. The lowest BCUT2D eigenvalue weighted by Gasteiger charge is -2.19. The molecule has 2 aromatic carbocycles. The molecule has 0 unspecified atom stereocenters. The average molecular weight is 506 g/mol. The van der Waals surface area contributed by atoms with E-state index in [-0.39, 0.29) is 5.41 Å². The van der Waals surface area contributed by atoms with Crippen LogP contribution in [0.25, 0.3) is 30.3 Å². The Kier molecular flexibility index (Phi) is 4.89. The van der Waals surface area contributed by atoms with Crippen LogP contribution < -0.4 is 0 Å². The van der Waals surface area contributed by atoms with Crippen LogP contribution >= 0.6 is 54.5 Å². The Morgan fingerprint density at radius 2 is 1.12 bits per heavy atom. The summed E-state index contributed by atoms with van der Waals surface area (Å²) < 4.78 is 5.03. The summed E-state index contributed by atoms with van der Waals surface area (Å²) in [4.78, 5) is 2.59. The highest BCUT2D eigenvalue weighted by atomic mass is 79.9. The van der Waals surface area contributed by atoms with Crippen molar-refractivity contribution < 1.29 is 0 Å². The highest BCUT2D eigenvalue weighted by molar-refractivity contribution is 9.11. The average Bonchev–Trinajstić information content (AvgIpc) is 3.12. The number of benzene rings is 2. The lowest BCUT2D eigenvalue weighted by atomic mass is 9.86. The quantitative estimate of drug-likeness (QED) is 0.254. The van der Waals surface area contributed by atoms with Gasteiger partial charge >= 0.3 is 0 Å². The van der Waals surface area contributed by atoms with E-state index in [4.69, 9.17) is 0 Å². The van der Waals surface area contributed by atoms with Gasteiger partial charge in [0.25, 0.3) is 0 Å². The van der Waals surface area contributed by atoms with Crippen molar-refractivity contribution >= 4 is 63.9 Å². The minimum atomic E-state index is 0.180.